The summed E-state index contributed by atoms with van der Waals surface area (Å²) in [5.74, 6) is 0. The van der Waals surface area contributed by atoms with Crippen LogP contribution in [0.4, 0.5) is 0 Å². The molecule has 0 aliphatic rings. The van der Waals surface area contributed by atoms with Gasteiger partial charge in [0.25, 0.3) is 0 Å². The summed E-state index contributed by atoms with van der Waals surface area (Å²) in [7, 11) is 0. The number of rotatable bonds is 0. The van der Waals surface area contributed by atoms with Gasteiger partial charge in [-0.3, -0.25) is 0 Å². The van der Waals surface area contributed by atoms with E-state index in [-0.39, 0.29) is 0 Å². The third kappa shape index (κ3) is 10800. The van der Waals surface area contributed by atoms with Crippen LogP contribution in [0, 0.1) is 0 Å². The third-order valence-corrected chi connectivity index (χ3v) is 0. The zero-order valence-corrected chi connectivity index (χ0v) is 3.23. The van der Waals surface area contributed by atoms with E-state index in [9.17, 15) is 0 Å². The molecular weight excluding hydrogens is 119 g/mol. The van der Waals surface area contributed by atoms with Crippen LogP contribution in [0.3, 0.4) is 0 Å². The Kier molecular flexibility index (Phi) is 1.03. The van der Waals surface area contributed by atoms with Crippen LogP contribution in [0.15, 0.2) is 0 Å². The van der Waals surface area contributed by atoms with Crippen LogP contribution < -0.4 is 4.19 Å². The van der Waals surface area contributed by atoms with E-state index < -0.39 is 13.4 Å². The first-order valence-electron chi connectivity index (χ1n) is 0.632. The SMILES string of the molecule is [O]=[Mn](=[O])([O-])[OH]. The zero-order chi connectivity index (χ0) is 4.50. The molecule has 0 rings (SSSR count). The van der Waals surface area contributed by atoms with Gasteiger partial charge in [0.15, 0.2) is 0 Å². The predicted molar refractivity (Wildman–Crippen MR) is 3.59 cm³/mol. The van der Waals surface area contributed by atoms with Crippen molar-refractivity contribution in [1.29, 1.82) is 0 Å². The molecule has 0 spiro atoms. The predicted octanol–water partition coefficient (Wildman–Crippen LogP) is -1.99. The summed E-state index contributed by atoms with van der Waals surface area (Å²) in [5.41, 5.74) is 0. The summed E-state index contributed by atoms with van der Waals surface area (Å²) in [6.07, 6.45) is 0. The van der Waals surface area contributed by atoms with E-state index >= 15 is 0 Å². The minimum absolute atomic E-state index is 5.38. The van der Waals surface area contributed by atoms with Crippen molar-refractivity contribution in [3.05, 3.63) is 0 Å². The molecule has 0 radical (unpaired) electrons. The van der Waals surface area contributed by atoms with Gasteiger partial charge in [0.05, 0.1) is 0 Å². The third-order valence-electron chi connectivity index (χ3n) is 0. The van der Waals surface area contributed by atoms with Gasteiger partial charge in [-0.05, 0) is 0 Å². The van der Waals surface area contributed by atoms with Crippen molar-refractivity contribution in [1.82, 2.24) is 0 Å². The van der Waals surface area contributed by atoms with Crippen molar-refractivity contribution in [2.45, 2.75) is 0 Å². The fourth-order valence-electron chi connectivity index (χ4n) is 0. The van der Waals surface area contributed by atoms with E-state index in [0.29, 0.717) is 0 Å². The Bertz CT molecular complexity index is 86.8. The van der Waals surface area contributed by atoms with E-state index in [0.717, 1.165) is 0 Å². The molecule has 0 aliphatic heterocycles. The molecule has 5 heteroatoms. The normalized spacial score (nSPS) is 11.6. The first kappa shape index (κ1) is 5.04. The Morgan fingerprint density at radius 2 is 1.60 bits per heavy atom. The van der Waals surface area contributed by atoms with Gasteiger partial charge in [-0.2, -0.15) is 0 Å². The van der Waals surface area contributed by atoms with Gasteiger partial charge in [0.1, 0.15) is 0 Å². The van der Waals surface area contributed by atoms with Gasteiger partial charge in [0.2, 0.25) is 0 Å². The Labute approximate surface area is 30.3 Å². The fourth-order valence-corrected chi connectivity index (χ4v) is 0. The molecule has 0 amide bonds. The van der Waals surface area contributed by atoms with Crippen LogP contribution in [-0.4, -0.2) is 4.19 Å². The molecule has 0 fully saturated rings. The van der Waals surface area contributed by atoms with Crippen LogP contribution in [0.2, 0.25) is 0 Å². The minimum atomic E-state index is -5.38. The average molecular weight is 120 g/mol. The van der Waals surface area contributed by atoms with Crippen molar-refractivity contribution < 1.29 is 29.4 Å². The second kappa shape index (κ2) is 1.02. The molecule has 0 aromatic heterocycles. The topological polar surface area (TPSA) is 77.4 Å². The van der Waals surface area contributed by atoms with Crippen LogP contribution in [0.25, 0.3) is 0 Å². The van der Waals surface area contributed by atoms with E-state index in [1.54, 1.807) is 0 Å². The Hall–Kier alpha value is 0.0395. The van der Waals surface area contributed by atoms with Crippen LogP contribution >= 0.6 is 0 Å². The summed E-state index contributed by atoms with van der Waals surface area (Å²) in [6, 6.07) is 0. The molecule has 0 atom stereocenters. The summed E-state index contributed by atoms with van der Waals surface area (Å²) in [4.78, 5) is 0. The zero-order valence-electron chi connectivity index (χ0n) is 2.05. The van der Waals surface area contributed by atoms with Crippen LogP contribution in [0.5, 0.6) is 0 Å². The van der Waals surface area contributed by atoms with Gasteiger partial charge in [-0.15, -0.1) is 0 Å². The van der Waals surface area contributed by atoms with Crippen molar-refractivity contribution in [3.8, 4) is 0 Å². The van der Waals surface area contributed by atoms with E-state index in [2.05, 4.69) is 0 Å². The molecule has 0 unspecified atom stereocenters. The van der Waals surface area contributed by atoms with Gasteiger partial charge >= 0.3 is 29.4 Å². The quantitative estimate of drug-likeness (QED) is 0.375. The van der Waals surface area contributed by atoms with E-state index in [1.165, 1.54) is 0 Å². The molecule has 0 bridgehead atoms. The molecule has 5 heavy (non-hydrogen) atoms. The second-order valence-electron chi connectivity index (χ2n) is 0.396. The van der Waals surface area contributed by atoms with Crippen molar-refractivity contribution in [2.75, 3.05) is 0 Å². The molecule has 4 nitrogen and oxygen atoms in total. The molecule has 1 N–H and O–H groups in total. The number of hydrogen-bond donors (Lipinski definition) is 1. The Morgan fingerprint density at radius 1 is 1.60 bits per heavy atom. The standard InChI is InChI=1S/Mn.H2O.3O/h;1H2;;;/q+1;;;;-1/p-1. The maximum absolute atomic E-state index is 8.69. The molecule has 0 saturated heterocycles. The molecule has 0 saturated carbocycles. The second-order valence-corrected chi connectivity index (χ2v) is 1.63. The van der Waals surface area contributed by atoms with Crippen LogP contribution in [0.1, 0.15) is 0 Å². The molecule has 33 valence electrons. The summed E-state index contributed by atoms with van der Waals surface area (Å²) in [5, 5.41) is 0. The van der Waals surface area contributed by atoms with E-state index in [1.807, 2.05) is 0 Å². The molecule has 0 aliphatic carbocycles. The average Bonchev–Trinajstić information content (AvgIpc) is 0.722. The fraction of sp³-hybridized carbons (Fsp3) is 0. The van der Waals surface area contributed by atoms with Crippen molar-refractivity contribution >= 4 is 0 Å². The van der Waals surface area contributed by atoms with Gasteiger partial charge in [-0.1, -0.05) is 0 Å². The summed E-state index contributed by atoms with van der Waals surface area (Å²) >= 11 is -5.38. The summed E-state index contributed by atoms with van der Waals surface area (Å²) in [6.45, 7) is 0. The summed E-state index contributed by atoms with van der Waals surface area (Å²) < 4.78 is 33.1. The monoisotopic (exact) mass is 120 g/mol. The Balaban J connectivity index is 4.06. The van der Waals surface area contributed by atoms with Crippen LogP contribution in [-0.2, 0) is 21.0 Å². The maximum atomic E-state index is 8.69. The van der Waals surface area contributed by atoms with Gasteiger partial charge in [0, 0.05) is 0 Å². The van der Waals surface area contributed by atoms with Crippen molar-refractivity contribution in [2.24, 2.45) is 0 Å². The molecule has 0 heterocycles. The molecular formula is HMnO4-. The van der Waals surface area contributed by atoms with E-state index in [4.69, 9.17) is 16.0 Å². The molecule has 0 aromatic carbocycles. The van der Waals surface area contributed by atoms with Gasteiger partial charge < -0.3 is 0 Å². The Morgan fingerprint density at radius 3 is 1.60 bits per heavy atom. The first-order chi connectivity index (χ1) is 2.00. The first-order valence-corrected chi connectivity index (χ1v) is 2.61. The van der Waals surface area contributed by atoms with Gasteiger partial charge in [-0.25, -0.2) is 0 Å². The number of hydrogen-bond acceptors (Lipinski definition) is 3. The molecule has 0 aromatic rings. The van der Waals surface area contributed by atoms with Crippen molar-refractivity contribution in [3.63, 3.8) is 0 Å².